The maximum Gasteiger partial charge on any atom is 0.416 e. The molecule has 0 aliphatic rings. The van der Waals surface area contributed by atoms with E-state index in [1.54, 1.807) is 35.2 Å². The van der Waals surface area contributed by atoms with E-state index in [1.807, 2.05) is 24.3 Å². The molecule has 3 rings (SSSR count). The van der Waals surface area contributed by atoms with Crippen molar-refractivity contribution in [2.24, 2.45) is 4.99 Å². The standard InChI is InChI=1S/C18H12F3IN2/c19-18(20,21)13-3-1-4-16(11-13)24-10-2-5-17(24)12-23-15-8-6-14(22)7-9-15/h1-12H. The van der Waals surface area contributed by atoms with Crippen molar-refractivity contribution >= 4 is 34.5 Å². The van der Waals surface area contributed by atoms with Gasteiger partial charge in [0, 0.05) is 15.5 Å². The first-order valence-corrected chi connectivity index (χ1v) is 8.16. The zero-order chi connectivity index (χ0) is 17.2. The van der Waals surface area contributed by atoms with Crippen LogP contribution < -0.4 is 0 Å². The number of aliphatic imine (C=N–C) groups is 1. The third-order valence-corrected chi connectivity index (χ3v) is 4.12. The predicted octanol–water partition coefficient (Wildman–Crippen LogP) is 5.85. The van der Waals surface area contributed by atoms with E-state index < -0.39 is 11.7 Å². The summed E-state index contributed by atoms with van der Waals surface area (Å²) in [7, 11) is 0. The first kappa shape index (κ1) is 16.8. The molecule has 0 amide bonds. The lowest BCUT2D eigenvalue weighted by atomic mass is 10.2. The van der Waals surface area contributed by atoms with Crippen molar-refractivity contribution in [3.8, 4) is 5.69 Å². The molecule has 2 aromatic carbocycles. The number of hydrogen-bond acceptors (Lipinski definition) is 1. The van der Waals surface area contributed by atoms with E-state index in [0.717, 1.165) is 21.4 Å². The van der Waals surface area contributed by atoms with Crippen LogP contribution in [0.15, 0.2) is 71.9 Å². The minimum absolute atomic E-state index is 0.443. The molecule has 0 bridgehead atoms. The molecule has 1 aromatic heterocycles. The smallest absolute Gasteiger partial charge is 0.316 e. The Kier molecular flexibility index (Phi) is 4.75. The summed E-state index contributed by atoms with van der Waals surface area (Å²) in [6.07, 6.45) is -1.01. The Labute approximate surface area is 150 Å². The van der Waals surface area contributed by atoms with Crippen molar-refractivity contribution < 1.29 is 13.2 Å². The quantitative estimate of drug-likeness (QED) is 0.359. The monoisotopic (exact) mass is 440 g/mol. The molecule has 2 nitrogen and oxygen atoms in total. The number of halogens is 4. The fourth-order valence-electron chi connectivity index (χ4n) is 2.23. The van der Waals surface area contributed by atoms with Gasteiger partial charge in [-0.15, -0.1) is 0 Å². The van der Waals surface area contributed by atoms with Crippen LogP contribution in [0.4, 0.5) is 18.9 Å². The molecule has 6 heteroatoms. The molecule has 0 spiro atoms. The van der Waals surface area contributed by atoms with E-state index in [1.165, 1.54) is 6.07 Å². The van der Waals surface area contributed by atoms with Crippen molar-refractivity contribution in [1.82, 2.24) is 4.57 Å². The number of hydrogen-bond donors (Lipinski definition) is 0. The van der Waals surface area contributed by atoms with Crippen LogP contribution in [0.2, 0.25) is 0 Å². The number of nitrogens with zero attached hydrogens (tertiary/aromatic N) is 2. The number of rotatable bonds is 3. The number of benzene rings is 2. The molecular weight excluding hydrogens is 428 g/mol. The highest BCUT2D eigenvalue weighted by Gasteiger charge is 2.30. The molecule has 0 saturated heterocycles. The van der Waals surface area contributed by atoms with Crippen LogP contribution in [0.5, 0.6) is 0 Å². The van der Waals surface area contributed by atoms with Gasteiger partial charge in [0.2, 0.25) is 0 Å². The Balaban J connectivity index is 1.92. The molecule has 24 heavy (non-hydrogen) atoms. The summed E-state index contributed by atoms with van der Waals surface area (Å²) < 4.78 is 41.4. The van der Waals surface area contributed by atoms with E-state index >= 15 is 0 Å². The average Bonchev–Trinajstić information content (AvgIpc) is 3.02. The van der Waals surface area contributed by atoms with Gasteiger partial charge in [-0.2, -0.15) is 13.2 Å². The van der Waals surface area contributed by atoms with E-state index in [9.17, 15) is 13.2 Å². The highest BCUT2D eigenvalue weighted by Crippen LogP contribution is 2.30. The zero-order valence-electron chi connectivity index (χ0n) is 12.3. The first-order chi connectivity index (χ1) is 11.4. The second-order valence-electron chi connectivity index (χ2n) is 5.09. The summed E-state index contributed by atoms with van der Waals surface area (Å²) in [6, 6.07) is 16.5. The molecule has 0 radical (unpaired) electrons. The van der Waals surface area contributed by atoms with Gasteiger partial charge in [-0.25, -0.2) is 0 Å². The maximum atomic E-state index is 12.9. The van der Waals surface area contributed by atoms with Gasteiger partial charge < -0.3 is 4.57 Å². The molecule has 0 aliphatic carbocycles. The Morgan fingerprint density at radius 2 is 1.71 bits per heavy atom. The fraction of sp³-hybridized carbons (Fsp3) is 0.0556. The fourth-order valence-corrected chi connectivity index (χ4v) is 2.59. The predicted molar refractivity (Wildman–Crippen MR) is 97.2 cm³/mol. The van der Waals surface area contributed by atoms with E-state index in [4.69, 9.17) is 0 Å². The third kappa shape index (κ3) is 3.87. The van der Waals surface area contributed by atoms with Gasteiger partial charge in [-0.05, 0) is 77.2 Å². The largest absolute Gasteiger partial charge is 0.416 e. The summed E-state index contributed by atoms with van der Waals surface area (Å²) >= 11 is 2.21. The van der Waals surface area contributed by atoms with Crippen LogP contribution in [-0.4, -0.2) is 10.8 Å². The lowest BCUT2D eigenvalue weighted by Gasteiger charge is -2.11. The van der Waals surface area contributed by atoms with Gasteiger partial charge in [0.05, 0.1) is 23.2 Å². The molecule has 0 aliphatic heterocycles. The lowest BCUT2D eigenvalue weighted by molar-refractivity contribution is -0.137. The van der Waals surface area contributed by atoms with Crippen LogP contribution in [0.25, 0.3) is 5.69 Å². The molecule has 0 N–H and O–H groups in total. The molecule has 122 valence electrons. The van der Waals surface area contributed by atoms with Gasteiger partial charge in [0.15, 0.2) is 0 Å². The summed E-state index contributed by atoms with van der Waals surface area (Å²) in [5.41, 5.74) is 1.26. The molecule has 0 fully saturated rings. The second-order valence-corrected chi connectivity index (χ2v) is 6.33. The van der Waals surface area contributed by atoms with Gasteiger partial charge >= 0.3 is 6.18 Å². The lowest BCUT2D eigenvalue weighted by Crippen LogP contribution is -2.06. The van der Waals surface area contributed by atoms with Crippen LogP contribution in [0.3, 0.4) is 0 Å². The average molecular weight is 440 g/mol. The summed E-state index contributed by atoms with van der Waals surface area (Å²) in [5, 5.41) is 0. The minimum atomic E-state index is -4.36. The van der Waals surface area contributed by atoms with Crippen LogP contribution in [0.1, 0.15) is 11.3 Å². The zero-order valence-corrected chi connectivity index (χ0v) is 14.5. The van der Waals surface area contributed by atoms with Gasteiger partial charge in [-0.1, -0.05) is 6.07 Å². The van der Waals surface area contributed by atoms with Crippen LogP contribution in [0, 0.1) is 3.57 Å². The SMILES string of the molecule is FC(F)(F)c1cccc(-n2cccc2C=Nc2ccc(I)cc2)c1. The van der Waals surface area contributed by atoms with Gasteiger partial charge in [0.25, 0.3) is 0 Å². The summed E-state index contributed by atoms with van der Waals surface area (Å²) in [5.74, 6) is 0. The van der Waals surface area contributed by atoms with Gasteiger partial charge in [0.1, 0.15) is 0 Å². The molecule has 0 atom stereocenters. The second kappa shape index (κ2) is 6.80. The molecule has 1 heterocycles. The Bertz CT molecular complexity index is 864. The summed E-state index contributed by atoms with van der Waals surface area (Å²) in [6.45, 7) is 0. The topological polar surface area (TPSA) is 17.3 Å². The normalized spacial score (nSPS) is 12.0. The molecule has 0 unspecified atom stereocenters. The third-order valence-electron chi connectivity index (χ3n) is 3.40. The van der Waals surface area contributed by atoms with E-state index in [2.05, 4.69) is 27.6 Å². The Hall–Kier alpha value is -2.09. The summed E-state index contributed by atoms with van der Waals surface area (Å²) in [4.78, 5) is 4.38. The van der Waals surface area contributed by atoms with Crippen molar-refractivity contribution in [1.29, 1.82) is 0 Å². The Morgan fingerprint density at radius 3 is 2.42 bits per heavy atom. The van der Waals surface area contributed by atoms with Crippen molar-refractivity contribution in [2.45, 2.75) is 6.18 Å². The van der Waals surface area contributed by atoms with E-state index in [-0.39, 0.29) is 0 Å². The van der Waals surface area contributed by atoms with Crippen molar-refractivity contribution in [2.75, 3.05) is 0 Å². The molecular formula is C18H12F3IN2. The number of aromatic nitrogens is 1. The first-order valence-electron chi connectivity index (χ1n) is 7.08. The van der Waals surface area contributed by atoms with Crippen LogP contribution in [-0.2, 0) is 6.18 Å². The van der Waals surface area contributed by atoms with Crippen LogP contribution >= 0.6 is 22.6 Å². The molecule has 0 saturated carbocycles. The minimum Gasteiger partial charge on any atom is -0.316 e. The maximum absolute atomic E-state index is 12.9. The highest BCUT2D eigenvalue weighted by molar-refractivity contribution is 14.1. The number of alkyl halides is 3. The van der Waals surface area contributed by atoms with Crippen molar-refractivity contribution in [3.05, 3.63) is 81.7 Å². The van der Waals surface area contributed by atoms with E-state index in [0.29, 0.717) is 11.4 Å². The Morgan fingerprint density at radius 1 is 0.958 bits per heavy atom. The molecule has 3 aromatic rings. The highest BCUT2D eigenvalue weighted by atomic mass is 127. The van der Waals surface area contributed by atoms with Gasteiger partial charge in [-0.3, -0.25) is 4.99 Å². The van der Waals surface area contributed by atoms with Crippen molar-refractivity contribution in [3.63, 3.8) is 0 Å².